The van der Waals surface area contributed by atoms with Crippen LogP contribution in [0.2, 0.25) is 4.47 Å². The Bertz CT molecular complexity index is 664. The maximum atomic E-state index is 13.4. The second kappa shape index (κ2) is 5.67. The van der Waals surface area contributed by atoms with Crippen LogP contribution in [0.15, 0.2) is 23.1 Å². The van der Waals surface area contributed by atoms with Gasteiger partial charge in [0.15, 0.2) is 0 Å². The minimum Gasteiger partial charge on any atom is -0.343 e. The van der Waals surface area contributed by atoms with Crippen molar-refractivity contribution in [3.05, 3.63) is 39.1 Å². The van der Waals surface area contributed by atoms with Gasteiger partial charge in [-0.05, 0) is 41.8 Å². The van der Waals surface area contributed by atoms with Gasteiger partial charge in [-0.2, -0.15) is 0 Å². The van der Waals surface area contributed by atoms with E-state index in [0.29, 0.717) is 0 Å². The van der Waals surface area contributed by atoms with Gasteiger partial charge in [-0.1, -0.05) is 11.3 Å². The van der Waals surface area contributed by atoms with Crippen LogP contribution in [0, 0.1) is 5.82 Å². The maximum absolute atomic E-state index is 13.4. The van der Waals surface area contributed by atoms with E-state index in [-0.39, 0.29) is 27.2 Å². The molecule has 0 spiro atoms. The Morgan fingerprint density at radius 1 is 1.45 bits per heavy atom. The average Bonchev–Trinajstić information content (AvgIpc) is 2.86. The number of thioether (sulfide) groups is 1. The molecule has 0 bridgehead atoms. The molecule has 1 aromatic carbocycles. The molecule has 1 amide bonds. The summed E-state index contributed by atoms with van der Waals surface area (Å²) >= 11 is 8.35. The number of fused-ring (bicyclic) bond motifs is 1. The number of hydrogen-bond donors (Lipinski definition) is 1. The van der Waals surface area contributed by atoms with Crippen LogP contribution in [0.25, 0.3) is 0 Å². The fraction of sp³-hybridized carbons (Fsp3) is 0.250. The van der Waals surface area contributed by atoms with Crippen LogP contribution in [0.3, 0.4) is 0 Å². The quantitative estimate of drug-likeness (QED) is 0.918. The lowest BCUT2D eigenvalue weighted by atomic mass is 10.0. The van der Waals surface area contributed by atoms with Gasteiger partial charge in [-0.15, -0.1) is 22.0 Å². The van der Waals surface area contributed by atoms with Crippen molar-refractivity contribution < 1.29 is 9.18 Å². The summed E-state index contributed by atoms with van der Waals surface area (Å²) < 4.78 is 13.6. The number of carbonyl (C=O) groups is 1. The molecule has 0 fully saturated rings. The van der Waals surface area contributed by atoms with Crippen LogP contribution < -0.4 is 5.32 Å². The third-order valence-electron chi connectivity index (χ3n) is 2.91. The highest BCUT2D eigenvalue weighted by atomic mass is 35.5. The molecule has 2 heterocycles. The van der Waals surface area contributed by atoms with E-state index >= 15 is 0 Å². The zero-order valence-corrected chi connectivity index (χ0v) is 12.5. The van der Waals surface area contributed by atoms with Gasteiger partial charge in [0.2, 0.25) is 9.47 Å². The van der Waals surface area contributed by atoms with Crippen LogP contribution in [0.5, 0.6) is 0 Å². The van der Waals surface area contributed by atoms with Gasteiger partial charge in [-0.25, -0.2) is 4.39 Å². The molecule has 1 unspecified atom stereocenters. The van der Waals surface area contributed by atoms with Crippen LogP contribution >= 0.6 is 34.7 Å². The number of amides is 1. The summed E-state index contributed by atoms with van der Waals surface area (Å²) in [6.45, 7) is 0. The second-order valence-electron chi connectivity index (χ2n) is 4.21. The minimum atomic E-state index is -0.332. The Balaban J connectivity index is 1.82. The average molecular weight is 330 g/mol. The van der Waals surface area contributed by atoms with Crippen LogP contribution in [-0.2, 0) is 0 Å². The molecular weight excluding hydrogens is 321 g/mol. The molecule has 0 aliphatic carbocycles. The third kappa shape index (κ3) is 2.79. The third-order valence-corrected chi connectivity index (χ3v) is 5.05. The van der Waals surface area contributed by atoms with Crippen LogP contribution in [0.1, 0.15) is 27.8 Å². The number of carbonyl (C=O) groups excluding carboxylic acids is 1. The van der Waals surface area contributed by atoms with Gasteiger partial charge >= 0.3 is 0 Å². The SMILES string of the molecule is O=C(NC1CCSc2ccc(F)cc21)c1nnc(Cl)s1. The Hall–Kier alpha value is -1.18. The summed E-state index contributed by atoms with van der Waals surface area (Å²) in [6.07, 6.45) is 0.749. The van der Waals surface area contributed by atoms with E-state index in [9.17, 15) is 9.18 Å². The minimum absolute atomic E-state index is 0.211. The van der Waals surface area contributed by atoms with E-state index < -0.39 is 0 Å². The molecule has 20 heavy (non-hydrogen) atoms. The molecule has 1 N–H and O–H groups in total. The lowest BCUT2D eigenvalue weighted by Gasteiger charge is -2.25. The summed E-state index contributed by atoms with van der Waals surface area (Å²) in [4.78, 5) is 13.1. The molecule has 4 nitrogen and oxygen atoms in total. The number of rotatable bonds is 2. The Morgan fingerprint density at radius 3 is 3.05 bits per heavy atom. The lowest BCUT2D eigenvalue weighted by Crippen LogP contribution is -2.30. The molecule has 0 saturated carbocycles. The van der Waals surface area contributed by atoms with E-state index in [2.05, 4.69) is 15.5 Å². The number of nitrogens with zero attached hydrogens (tertiary/aromatic N) is 2. The van der Waals surface area contributed by atoms with Crippen LogP contribution in [-0.4, -0.2) is 21.9 Å². The molecule has 0 radical (unpaired) electrons. The number of halogens is 2. The Labute approximate surface area is 127 Å². The van der Waals surface area contributed by atoms with Crippen LogP contribution in [0.4, 0.5) is 4.39 Å². The molecule has 1 atom stereocenters. The van der Waals surface area contributed by atoms with Crippen molar-refractivity contribution in [3.8, 4) is 0 Å². The first kappa shape index (κ1) is 13.8. The summed E-state index contributed by atoms with van der Waals surface area (Å²) in [5.41, 5.74) is 0.810. The van der Waals surface area contributed by atoms with Crippen molar-refractivity contribution in [2.45, 2.75) is 17.4 Å². The highest BCUT2D eigenvalue weighted by molar-refractivity contribution is 7.99. The highest BCUT2D eigenvalue weighted by Crippen LogP contribution is 2.36. The summed E-state index contributed by atoms with van der Waals surface area (Å²) in [7, 11) is 0. The second-order valence-corrected chi connectivity index (χ2v) is 6.90. The predicted octanol–water partition coefficient (Wildman–Crippen LogP) is 3.30. The van der Waals surface area contributed by atoms with E-state index in [1.807, 2.05) is 0 Å². The van der Waals surface area contributed by atoms with Crippen molar-refractivity contribution in [1.82, 2.24) is 15.5 Å². The molecule has 8 heteroatoms. The number of benzene rings is 1. The highest BCUT2D eigenvalue weighted by Gasteiger charge is 2.24. The molecule has 104 valence electrons. The number of nitrogens with one attached hydrogen (secondary N) is 1. The lowest BCUT2D eigenvalue weighted by molar-refractivity contribution is 0.0933. The fourth-order valence-corrected chi connectivity index (χ4v) is 3.87. The van der Waals surface area contributed by atoms with Crippen molar-refractivity contribution in [1.29, 1.82) is 0 Å². The zero-order chi connectivity index (χ0) is 14.1. The first-order chi connectivity index (χ1) is 9.63. The van der Waals surface area contributed by atoms with Crippen molar-refractivity contribution in [2.24, 2.45) is 0 Å². The topological polar surface area (TPSA) is 54.9 Å². The van der Waals surface area contributed by atoms with E-state index in [4.69, 9.17) is 11.6 Å². The van der Waals surface area contributed by atoms with E-state index in [0.717, 1.165) is 34.0 Å². The standard InChI is InChI=1S/C12H9ClFN3OS2/c13-12-17-16-11(20-12)10(18)15-8-3-4-19-9-2-1-6(14)5-7(8)9/h1-2,5,8H,3-4H2,(H,15,18). The normalized spacial score (nSPS) is 17.6. The number of aromatic nitrogens is 2. The molecular formula is C12H9ClFN3OS2. The van der Waals surface area contributed by atoms with Gasteiger partial charge in [-0.3, -0.25) is 4.79 Å². The van der Waals surface area contributed by atoms with Gasteiger partial charge < -0.3 is 5.32 Å². The fourth-order valence-electron chi connectivity index (χ4n) is 2.03. The van der Waals surface area contributed by atoms with Crippen molar-refractivity contribution >= 4 is 40.6 Å². The molecule has 1 aromatic heterocycles. The molecule has 2 aromatic rings. The smallest absolute Gasteiger partial charge is 0.282 e. The first-order valence-corrected chi connectivity index (χ1v) is 8.03. The van der Waals surface area contributed by atoms with Gasteiger partial charge in [0.1, 0.15) is 5.82 Å². The molecule has 1 aliphatic rings. The Kier molecular flexibility index (Phi) is 3.91. The summed E-state index contributed by atoms with van der Waals surface area (Å²) in [5.74, 6) is 0.242. The monoisotopic (exact) mass is 329 g/mol. The largest absolute Gasteiger partial charge is 0.343 e. The first-order valence-electron chi connectivity index (χ1n) is 5.85. The maximum Gasteiger partial charge on any atom is 0.282 e. The Morgan fingerprint density at radius 2 is 2.30 bits per heavy atom. The summed E-state index contributed by atoms with van der Waals surface area (Å²) in [5, 5.41) is 10.4. The molecule has 1 aliphatic heterocycles. The van der Waals surface area contributed by atoms with E-state index in [1.54, 1.807) is 17.8 Å². The van der Waals surface area contributed by atoms with Crippen molar-refractivity contribution in [3.63, 3.8) is 0 Å². The van der Waals surface area contributed by atoms with E-state index in [1.165, 1.54) is 12.1 Å². The van der Waals surface area contributed by atoms with Gasteiger partial charge in [0, 0.05) is 10.6 Å². The molecule has 3 rings (SSSR count). The summed E-state index contributed by atoms with van der Waals surface area (Å²) in [6, 6.07) is 4.44. The van der Waals surface area contributed by atoms with Gasteiger partial charge in [0.05, 0.1) is 6.04 Å². The number of hydrogen-bond acceptors (Lipinski definition) is 5. The van der Waals surface area contributed by atoms with Gasteiger partial charge in [0.25, 0.3) is 5.91 Å². The predicted molar refractivity (Wildman–Crippen MR) is 76.9 cm³/mol. The molecule has 0 saturated heterocycles. The van der Waals surface area contributed by atoms with Crippen molar-refractivity contribution in [2.75, 3.05) is 5.75 Å². The zero-order valence-electron chi connectivity index (χ0n) is 10.1.